The molecule has 2 aromatic carbocycles. The monoisotopic (exact) mass is 330 g/mol. The molecule has 2 amide bonds. The average molecular weight is 331 g/mol. The van der Waals surface area contributed by atoms with Gasteiger partial charge in [-0.05, 0) is 49.2 Å². The van der Waals surface area contributed by atoms with Crippen molar-refractivity contribution in [2.75, 3.05) is 11.9 Å². The van der Waals surface area contributed by atoms with Gasteiger partial charge in [-0.25, -0.2) is 0 Å². The van der Waals surface area contributed by atoms with Crippen molar-refractivity contribution in [2.24, 2.45) is 0 Å². The summed E-state index contributed by atoms with van der Waals surface area (Å²) in [7, 11) is 0. The quantitative estimate of drug-likeness (QED) is 0.849. The van der Waals surface area contributed by atoms with Gasteiger partial charge in [0.2, 0.25) is 5.91 Å². The maximum absolute atomic E-state index is 12.0. The molecule has 2 N–H and O–H groups in total. The Morgan fingerprint density at radius 2 is 1.87 bits per heavy atom. The summed E-state index contributed by atoms with van der Waals surface area (Å²) in [6.45, 7) is 2.43. The number of hydrogen-bond acceptors (Lipinski definition) is 2. The Hall–Kier alpha value is -2.33. The maximum atomic E-state index is 12.0. The van der Waals surface area contributed by atoms with Crippen LogP contribution in [0.15, 0.2) is 48.5 Å². The van der Waals surface area contributed by atoms with Crippen molar-refractivity contribution in [1.82, 2.24) is 5.32 Å². The summed E-state index contributed by atoms with van der Waals surface area (Å²) in [5, 5.41) is 6.21. The number of rotatable bonds is 6. The molecule has 0 radical (unpaired) electrons. The molecule has 2 rings (SSSR count). The first kappa shape index (κ1) is 17.0. The number of nitrogens with one attached hydrogen (secondary N) is 2. The topological polar surface area (TPSA) is 58.2 Å². The molecule has 5 heteroatoms. The Kier molecular flexibility index (Phi) is 6.18. The first-order valence-corrected chi connectivity index (χ1v) is 7.89. The van der Waals surface area contributed by atoms with Crippen LogP contribution < -0.4 is 10.6 Å². The molecule has 0 spiro atoms. The van der Waals surface area contributed by atoms with Crippen LogP contribution in [0.3, 0.4) is 0 Å². The maximum Gasteiger partial charge on any atom is 0.251 e. The number of halogens is 1. The van der Waals surface area contributed by atoms with Crippen molar-refractivity contribution < 1.29 is 9.59 Å². The normalized spacial score (nSPS) is 10.2. The molecule has 0 aliphatic rings. The molecule has 0 aromatic heterocycles. The van der Waals surface area contributed by atoms with E-state index in [0.29, 0.717) is 35.7 Å². The average Bonchev–Trinajstić information content (AvgIpc) is 2.53. The van der Waals surface area contributed by atoms with Crippen LogP contribution in [0.4, 0.5) is 5.69 Å². The van der Waals surface area contributed by atoms with Crippen molar-refractivity contribution in [1.29, 1.82) is 0 Å². The zero-order valence-corrected chi connectivity index (χ0v) is 13.7. The SMILES string of the molecule is CCNC(=O)c1cccc(NC(=O)CCc2cccc(Cl)c2)c1. The van der Waals surface area contributed by atoms with Crippen LogP contribution in [0.1, 0.15) is 29.3 Å². The van der Waals surface area contributed by atoms with Crippen LogP contribution >= 0.6 is 11.6 Å². The van der Waals surface area contributed by atoms with Gasteiger partial charge in [0.1, 0.15) is 0 Å². The predicted molar refractivity (Wildman–Crippen MR) is 92.9 cm³/mol. The molecule has 4 nitrogen and oxygen atoms in total. The van der Waals surface area contributed by atoms with Crippen molar-refractivity contribution in [2.45, 2.75) is 19.8 Å². The molecule has 0 bridgehead atoms. The molecule has 0 unspecified atom stereocenters. The highest BCUT2D eigenvalue weighted by Gasteiger charge is 2.07. The lowest BCUT2D eigenvalue weighted by Gasteiger charge is -2.08. The highest BCUT2D eigenvalue weighted by atomic mass is 35.5. The second-order valence-corrected chi connectivity index (χ2v) is 5.55. The van der Waals surface area contributed by atoms with Gasteiger partial charge in [-0.15, -0.1) is 0 Å². The zero-order chi connectivity index (χ0) is 16.7. The summed E-state index contributed by atoms with van der Waals surface area (Å²) < 4.78 is 0. The van der Waals surface area contributed by atoms with Crippen LogP contribution in [0, 0.1) is 0 Å². The highest BCUT2D eigenvalue weighted by Crippen LogP contribution is 2.14. The second-order valence-electron chi connectivity index (χ2n) is 5.12. The molecule has 0 atom stereocenters. The highest BCUT2D eigenvalue weighted by molar-refractivity contribution is 6.30. The molecule has 0 saturated carbocycles. The zero-order valence-electron chi connectivity index (χ0n) is 12.9. The smallest absolute Gasteiger partial charge is 0.251 e. The Balaban J connectivity index is 1.92. The summed E-state index contributed by atoms with van der Waals surface area (Å²) in [4.78, 5) is 23.8. The van der Waals surface area contributed by atoms with E-state index in [-0.39, 0.29) is 11.8 Å². The minimum atomic E-state index is -0.150. The van der Waals surface area contributed by atoms with Gasteiger partial charge >= 0.3 is 0 Å². The number of hydrogen-bond donors (Lipinski definition) is 2. The largest absolute Gasteiger partial charge is 0.352 e. The van der Waals surface area contributed by atoms with Crippen molar-refractivity contribution in [3.05, 3.63) is 64.7 Å². The molecule has 2 aromatic rings. The molecular weight excluding hydrogens is 312 g/mol. The van der Waals surface area contributed by atoms with Gasteiger partial charge < -0.3 is 10.6 Å². The van der Waals surface area contributed by atoms with Crippen LogP contribution in [-0.2, 0) is 11.2 Å². The van der Waals surface area contributed by atoms with E-state index >= 15 is 0 Å². The van der Waals surface area contributed by atoms with Crippen LogP contribution in [0.2, 0.25) is 5.02 Å². The molecule has 0 saturated heterocycles. The third-order valence-electron chi connectivity index (χ3n) is 3.28. The lowest BCUT2D eigenvalue weighted by molar-refractivity contribution is -0.116. The lowest BCUT2D eigenvalue weighted by atomic mass is 10.1. The molecule has 0 aliphatic carbocycles. The van der Waals surface area contributed by atoms with Gasteiger partial charge in [0, 0.05) is 29.2 Å². The van der Waals surface area contributed by atoms with Crippen LogP contribution in [-0.4, -0.2) is 18.4 Å². The van der Waals surface area contributed by atoms with Crippen molar-refractivity contribution in [3.63, 3.8) is 0 Å². The molecule has 0 aliphatic heterocycles. The third-order valence-corrected chi connectivity index (χ3v) is 3.51. The van der Waals surface area contributed by atoms with Gasteiger partial charge in [0.25, 0.3) is 5.91 Å². The van der Waals surface area contributed by atoms with Crippen LogP contribution in [0.25, 0.3) is 0 Å². The third kappa shape index (κ3) is 5.42. The first-order valence-electron chi connectivity index (χ1n) is 7.51. The fraction of sp³-hybridized carbons (Fsp3) is 0.222. The summed E-state index contributed by atoms with van der Waals surface area (Å²) in [6, 6.07) is 14.4. The van der Waals surface area contributed by atoms with E-state index in [2.05, 4.69) is 10.6 Å². The Morgan fingerprint density at radius 1 is 1.09 bits per heavy atom. The van der Waals surface area contributed by atoms with Crippen LogP contribution in [0.5, 0.6) is 0 Å². The fourth-order valence-electron chi connectivity index (χ4n) is 2.17. The second kappa shape index (κ2) is 8.34. The number of carbonyl (C=O) groups excluding carboxylic acids is 2. The number of anilines is 1. The predicted octanol–water partition coefficient (Wildman–Crippen LogP) is 3.66. The Morgan fingerprint density at radius 3 is 2.61 bits per heavy atom. The first-order chi connectivity index (χ1) is 11.1. The van der Waals surface area contributed by atoms with Gasteiger partial charge in [0.15, 0.2) is 0 Å². The number of amides is 2. The number of carbonyl (C=O) groups is 2. The summed E-state index contributed by atoms with van der Waals surface area (Å²) in [5.74, 6) is -0.249. The van der Waals surface area contributed by atoms with Crippen molar-refractivity contribution >= 4 is 29.1 Å². The van der Waals surface area contributed by atoms with E-state index in [1.165, 1.54) is 0 Å². The molecular formula is C18H19ClN2O2. The van der Waals surface area contributed by atoms with E-state index in [4.69, 9.17) is 11.6 Å². The number of benzene rings is 2. The Bertz CT molecular complexity index is 701. The molecule has 0 heterocycles. The minimum Gasteiger partial charge on any atom is -0.352 e. The van der Waals surface area contributed by atoms with Gasteiger partial charge in [-0.2, -0.15) is 0 Å². The van der Waals surface area contributed by atoms with E-state index < -0.39 is 0 Å². The van der Waals surface area contributed by atoms with E-state index in [1.807, 2.05) is 25.1 Å². The lowest BCUT2D eigenvalue weighted by Crippen LogP contribution is -2.22. The van der Waals surface area contributed by atoms with E-state index in [0.717, 1.165) is 5.56 Å². The fourth-order valence-corrected chi connectivity index (χ4v) is 2.39. The molecule has 23 heavy (non-hydrogen) atoms. The van der Waals surface area contributed by atoms with Gasteiger partial charge in [0.05, 0.1) is 0 Å². The molecule has 120 valence electrons. The Labute approximate surface area is 140 Å². The standard InChI is InChI=1S/C18H19ClN2O2/c1-2-20-18(23)14-6-4-8-16(12-14)21-17(22)10-9-13-5-3-7-15(19)11-13/h3-8,11-12H,2,9-10H2,1H3,(H,20,23)(H,21,22). The summed E-state index contributed by atoms with van der Waals surface area (Å²) >= 11 is 5.92. The van der Waals surface area contributed by atoms with E-state index in [1.54, 1.807) is 30.3 Å². The summed E-state index contributed by atoms with van der Waals surface area (Å²) in [5.41, 5.74) is 2.16. The minimum absolute atomic E-state index is 0.0991. The van der Waals surface area contributed by atoms with Gasteiger partial charge in [-0.3, -0.25) is 9.59 Å². The van der Waals surface area contributed by atoms with Gasteiger partial charge in [-0.1, -0.05) is 29.8 Å². The molecule has 0 fully saturated rings. The van der Waals surface area contributed by atoms with Crippen molar-refractivity contribution in [3.8, 4) is 0 Å². The summed E-state index contributed by atoms with van der Waals surface area (Å²) in [6.07, 6.45) is 0.966. The number of aryl methyl sites for hydroxylation is 1. The van der Waals surface area contributed by atoms with E-state index in [9.17, 15) is 9.59 Å².